The van der Waals surface area contributed by atoms with E-state index in [0.29, 0.717) is 12.3 Å². The molecule has 4 heteroatoms. The molecule has 1 saturated heterocycles. The van der Waals surface area contributed by atoms with Crippen molar-refractivity contribution in [2.45, 2.75) is 39.2 Å². The van der Waals surface area contributed by atoms with Crippen LogP contribution in [0.2, 0.25) is 0 Å². The van der Waals surface area contributed by atoms with E-state index in [-0.39, 0.29) is 11.9 Å². The lowest BCUT2D eigenvalue weighted by molar-refractivity contribution is -0.138. The normalized spacial score (nSPS) is 17.4. The molecule has 1 amide bonds. The van der Waals surface area contributed by atoms with Gasteiger partial charge >= 0.3 is 0 Å². The third-order valence-electron chi connectivity index (χ3n) is 3.76. The van der Waals surface area contributed by atoms with E-state index in [0.717, 1.165) is 25.1 Å². The zero-order valence-electron chi connectivity index (χ0n) is 12.6. The number of ether oxygens (including phenoxy) is 1. The molecule has 1 aromatic carbocycles. The molecule has 1 N–H and O–H groups in total. The molecule has 0 bridgehead atoms. The standard InChI is InChI=1S/C16H24N2O2/c1-12(2)16(13-7-9-14(20-3)10-8-13)17-18-11-5-4-6-15(18)19/h7-10,12,16-17H,4-6,11H2,1-3H3/t16-/m1/s1. The third kappa shape index (κ3) is 3.51. The Kier molecular flexibility index (Phi) is 5.01. The van der Waals surface area contributed by atoms with E-state index in [9.17, 15) is 4.79 Å². The Labute approximate surface area is 121 Å². The van der Waals surface area contributed by atoms with Crippen LogP contribution < -0.4 is 10.2 Å². The van der Waals surface area contributed by atoms with Gasteiger partial charge in [-0.05, 0) is 36.5 Å². The second-order valence-electron chi connectivity index (χ2n) is 5.63. The zero-order valence-corrected chi connectivity index (χ0v) is 12.6. The largest absolute Gasteiger partial charge is 0.497 e. The number of rotatable bonds is 5. The topological polar surface area (TPSA) is 41.6 Å². The Morgan fingerprint density at radius 1 is 1.20 bits per heavy atom. The smallest absolute Gasteiger partial charge is 0.236 e. The second-order valence-corrected chi connectivity index (χ2v) is 5.63. The molecule has 110 valence electrons. The monoisotopic (exact) mass is 276 g/mol. The van der Waals surface area contributed by atoms with Crippen LogP contribution in [-0.2, 0) is 4.79 Å². The van der Waals surface area contributed by atoms with Crippen molar-refractivity contribution < 1.29 is 9.53 Å². The molecular weight excluding hydrogens is 252 g/mol. The average molecular weight is 276 g/mol. The first-order valence-electron chi connectivity index (χ1n) is 7.32. The average Bonchev–Trinajstić information content (AvgIpc) is 2.46. The van der Waals surface area contributed by atoms with Crippen LogP contribution in [-0.4, -0.2) is 24.6 Å². The van der Waals surface area contributed by atoms with Crippen LogP contribution >= 0.6 is 0 Å². The Morgan fingerprint density at radius 3 is 2.45 bits per heavy atom. The van der Waals surface area contributed by atoms with Crippen molar-refractivity contribution in [1.82, 2.24) is 10.4 Å². The van der Waals surface area contributed by atoms with Gasteiger partial charge in [0.2, 0.25) is 5.91 Å². The van der Waals surface area contributed by atoms with Crippen molar-refractivity contribution in [3.63, 3.8) is 0 Å². The van der Waals surface area contributed by atoms with Gasteiger partial charge in [-0.2, -0.15) is 0 Å². The lowest BCUT2D eigenvalue weighted by Crippen LogP contribution is -2.48. The van der Waals surface area contributed by atoms with Gasteiger partial charge < -0.3 is 4.74 Å². The predicted octanol–water partition coefficient (Wildman–Crippen LogP) is 2.91. The van der Waals surface area contributed by atoms with Crippen molar-refractivity contribution in [2.75, 3.05) is 13.7 Å². The first-order chi connectivity index (χ1) is 9.61. The van der Waals surface area contributed by atoms with Crippen molar-refractivity contribution in [3.05, 3.63) is 29.8 Å². The lowest BCUT2D eigenvalue weighted by atomic mass is 9.96. The minimum Gasteiger partial charge on any atom is -0.497 e. The summed E-state index contributed by atoms with van der Waals surface area (Å²) in [6, 6.07) is 8.19. The summed E-state index contributed by atoms with van der Waals surface area (Å²) in [6.07, 6.45) is 2.73. The molecule has 2 rings (SSSR count). The van der Waals surface area contributed by atoms with Crippen LogP contribution in [0.1, 0.15) is 44.7 Å². The van der Waals surface area contributed by atoms with Gasteiger partial charge in [0.25, 0.3) is 0 Å². The maximum absolute atomic E-state index is 11.9. The van der Waals surface area contributed by atoms with Crippen LogP contribution in [0.4, 0.5) is 0 Å². The van der Waals surface area contributed by atoms with Crippen molar-refractivity contribution in [1.29, 1.82) is 0 Å². The number of hydrazine groups is 1. The molecular formula is C16H24N2O2. The first-order valence-corrected chi connectivity index (χ1v) is 7.32. The van der Waals surface area contributed by atoms with E-state index >= 15 is 0 Å². The van der Waals surface area contributed by atoms with Gasteiger partial charge in [0.15, 0.2) is 0 Å². The molecule has 0 radical (unpaired) electrons. The molecule has 0 saturated carbocycles. The quantitative estimate of drug-likeness (QED) is 0.899. The number of nitrogens with one attached hydrogen (secondary N) is 1. The van der Waals surface area contributed by atoms with E-state index in [2.05, 4.69) is 31.4 Å². The second kappa shape index (κ2) is 6.75. The van der Waals surface area contributed by atoms with Crippen molar-refractivity contribution in [3.8, 4) is 5.75 Å². The molecule has 1 atom stereocenters. The summed E-state index contributed by atoms with van der Waals surface area (Å²) in [5.74, 6) is 1.46. The first kappa shape index (κ1) is 14.9. The van der Waals surface area contributed by atoms with Gasteiger partial charge in [-0.15, -0.1) is 0 Å². The van der Waals surface area contributed by atoms with Crippen molar-refractivity contribution >= 4 is 5.91 Å². The molecule has 0 unspecified atom stereocenters. The minimum atomic E-state index is 0.142. The Morgan fingerprint density at radius 2 is 1.90 bits per heavy atom. The summed E-state index contributed by atoms with van der Waals surface area (Å²) >= 11 is 0. The maximum Gasteiger partial charge on any atom is 0.236 e. The van der Waals surface area contributed by atoms with Gasteiger partial charge in [0, 0.05) is 13.0 Å². The SMILES string of the molecule is COc1ccc([C@H](NN2CCCCC2=O)C(C)C)cc1. The number of benzene rings is 1. The highest BCUT2D eigenvalue weighted by molar-refractivity contribution is 5.76. The maximum atomic E-state index is 11.9. The van der Waals surface area contributed by atoms with E-state index in [4.69, 9.17) is 4.74 Å². The number of methoxy groups -OCH3 is 1. The van der Waals surface area contributed by atoms with Gasteiger partial charge in [-0.25, -0.2) is 5.43 Å². The number of hydrogen-bond donors (Lipinski definition) is 1. The molecule has 1 fully saturated rings. The van der Waals surface area contributed by atoms with Crippen LogP contribution in [0.25, 0.3) is 0 Å². The van der Waals surface area contributed by atoms with Crippen LogP contribution in [0, 0.1) is 5.92 Å². The van der Waals surface area contributed by atoms with Gasteiger partial charge in [-0.1, -0.05) is 26.0 Å². The van der Waals surface area contributed by atoms with Gasteiger partial charge in [0.1, 0.15) is 5.75 Å². The summed E-state index contributed by atoms with van der Waals surface area (Å²) in [4.78, 5) is 11.9. The third-order valence-corrected chi connectivity index (χ3v) is 3.76. The van der Waals surface area contributed by atoms with Crippen LogP contribution in [0.15, 0.2) is 24.3 Å². The molecule has 0 aliphatic carbocycles. The summed E-state index contributed by atoms with van der Waals surface area (Å²) in [6.45, 7) is 5.13. The number of carbonyl (C=O) groups is 1. The summed E-state index contributed by atoms with van der Waals surface area (Å²) in [5.41, 5.74) is 4.58. The fourth-order valence-corrected chi connectivity index (χ4v) is 2.53. The summed E-state index contributed by atoms with van der Waals surface area (Å²) in [7, 11) is 1.67. The Hall–Kier alpha value is -1.55. The molecule has 0 aromatic heterocycles. The van der Waals surface area contributed by atoms with Gasteiger partial charge in [0.05, 0.1) is 13.2 Å². The Bertz CT molecular complexity index is 442. The fraction of sp³-hybridized carbons (Fsp3) is 0.562. The number of hydrogen-bond acceptors (Lipinski definition) is 3. The van der Waals surface area contributed by atoms with Crippen LogP contribution in [0.5, 0.6) is 5.75 Å². The van der Waals surface area contributed by atoms with E-state index < -0.39 is 0 Å². The number of piperidine rings is 1. The van der Waals surface area contributed by atoms with Gasteiger partial charge in [-0.3, -0.25) is 9.80 Å². The van der Waals surface area contributed by atoms with E-state index in [1.54, 1.807) is 12.1 Å². The molecule has 1 aromatic rings. The highest BCUT2D eigenvalue weighted by atomic mass is 16.5. The van der Waals surface area contributed by atoms with E-state index in [1.807, 2.05) is 12.1 Å². The highest BCUT2D eigenvalue weighted by Crippen LogP contribution is 2.25. The summed E-state index contributed by atoms with van der Waals surface area (Å²) < 4.78 is 5.19. The number of amides is 1. The van der Waals surface area contributed by atoms with Crippen molar-refractivity contribution in [2.24, 2.45) is 5.92 Å². The lowest BCUT2D eigenvalue weighted by Gasteiger charge is -2.33. The Balaban J connectivity index is 2.11. The highest BCUT2D eigenvalue weighted by Gasteiger charge is 2.23. The molecule has 1 aliphatic heterocycles. The molecule has 0 spiro atoms. The molecule has 1 heterocycles. The zero-order chi connectivity index (χ0) is 14.5. The minimum absolute atomic E-state index is 0.142. The predicted molar refractivity (Wildman–Crippen MR) is 79.3 cm³/mol. The number of nitrogens with zero attached hydrogens (tertiary/aromatic N) is 1. The molecule has 1 aliphatic rings. The fourth-order valence-electron chi connectivity index (χ4n) is 2.53. The van der Waals surface area contributed by atoms with E-state index in [1.165, 1.54) is 5.56 Å². The molecule has 20 heavy (non-hydrogen) atoms. The number of carbonyl (C=O) groups excluding carboxylic acids is 1. The molecule has 4 nitrogen and oxygen atoms in total. The van der Waals surface area contributed by atoms with Crippen LogP contribution in [0.3, 0.4) is 0 Å². The summed E-state index contributed by atoms with van der Waals surface area (Å²) in [5, 5.41) is 1.79.